The third kappa shape index (κ3) is 7.28. The fourth-order valence-corrected chi connectivity index (χ4v) is 3.03. The Labute approximate surface area is 207 Å². The second-order valence-electron chi connectivity index (χ2n) is 7.14. The quantitative estimate of drug-likeness (QED) is 0.127. The number of methoxy groups -OCH3 is 1. The van der Waals surface area contributed by atoms with E-state index in [0.29, 0.717) is 21.8 Å². The maximum atomic E-state index is 12.1. The van der Waals surface area contributed by atoms with Gasteiger partial charge in [0.25, 0.3) is 0 Å². The summed E-state index contributed by atoms with van der Waals surface area (Å²) in [5.74, 6) is -1.91. The minimum Gasteiger partial charge on any atom is -0.493 e. The van der Waals surface area contributed by atoms with E-state index in [0.717, 1.165) is 5.56 Å². The molecule has 2 amide bonds. The second kappa shape index (κ2) is 12.2. The average molecular weight is 492 g/mol. The van der Waals surface area contributed by atoms with Crippen molar-refractivity contribution in [3.8, 4) is 11.5 Å². The Balaban J connectivity index is 1.58. The van der Waals surface area contributed by atoms with E-state index in [9.17, 15) is 14.4 Å². The van der Waals surface area contributed by atoms with Gasteiger partial charge in [-0.3, -0.25) is 9.59 Å². The lowest BCUT2D eigenvalue weighted by Gasteiger charge is -2.09. The number of anilines is 1. The Bertz CT molecular complexity index is 1290. The smallest absolute Gasteiger partial charge is 0.336 e. The predicted octanol–water partition coefficient (Wildman–Crippen LogP) is 4.36. The Morgan fingerprint density at radius 2 is 1.69 bits per heavy atom. The zero-order chi connectivity index (χ0) is 25.2. The summed E-state index contributed by atoms with van der Waals surface area (Å²) in [5.41, 5.74) is 4.62. The highest BCUT2D eigenvalue weighted by molar-refractivity contribution is 6.40. The number of hydrogen-bond acceptors (Lipinski definition) is 6. The fourth-order valence-electron chi connectivity index (χ4n) is 2.86. The van der Waals surface area contributed by atoms with Gasteiger partial charge in [-0.05, 0) is 60.0 Å². The molecular formula is C26H22ClN3O5. The van der Waals surface area contributed by atoms with Crippen LogP contribution in [0.1, 0.15) is 16.7 Å². The molecule has 0 aliphatic carbocycles. The van der Waals surface area contributed by atoms with Crippen molar-refractivity contribution in [2.24, 2.45) is 5.10 Å². The summed E-state index contributed by atoms with van der Waals surface area (Å²) in [7, 11) is 1.43. The zero-order valence-corrected chi connectivity index (χ0v) is 19.7. The molecule has 3 aromatic rings. The summed E-state index contributed by atoms with van der Waals surface area (Å²) in [5, 5.41) is 6.74. The summed E-state index contributed by atoms with van der Waals surface area (Å²) in [6.45, 7) is 1.72. The predicted molar refractivity (Wildman–Crippen MR) is 135 cm³/mol. The molecule has 9 heteroatoms. The van der Waals surface area contributed by atoms with Crippen molar-refractivity contribution in [1.82, 2.24) is 5.43 Å². The van der Waals surface area contributed by atoms with E-state index in [-0.39, 0.29) is 11.5 Å². The first-order chi connectivity index (χ1) is 16.9. The first-order valence-corrected chi connectivity index (χ1v) is 10.8. The molecule has 8 nitrogen and oxygen atoms in total. The summed E-state index contributed by atoms with van der Waals surface area (Å²) in [6.07, 6.45) is 4.28. The molecular weight excluding hydrogens is 470 g/mol. The lowest BCUT2D eigenvalue weighted by molar-refractivity contribution is -0.136. The lowest BCUT2D eigenvalue weighted by atomic mass is 10.2. The van der Waals surface area contributed by atoms with Gasteiger partial charge >= 0.3 is 17.8 Å². The van der Waals surface area contributed by atoms with E-state index < -0.39 is 17.8 Å². The molecule has 0 spiro atoms. The Hall–Kier alpha value is -4.43. The van der Waals surface area contributed by atoms with Crippen molar-refractivity contribution >= 4 is 47.4 Å². The average Bonchev–Trinajstić information content (AvgIpc) is 2.86. The topological polar surface area (TPSA) is 106 Å². The van der Waals surface area contributed by atoms with E-state index in [4.69, 9.17) is 21.1 Å². The number of hydrazone groups is 1. The highest BCUT2D eigenvalue weighted by atomic mass is 35.5. The SMILES string of the molecule is COc1cc(/C=N/NC(=O)C(=O)Nc2cccc(Cl)c2C)ccc1OC(=O)/C=C/c1ccccc1. The molecule has 0 saturated heterocycles. The number of rotatable bonds is 7. The number of halogens is 1. The first kappa shape index (κ1) is 25.2. The number of carbonyl (C=O) groups is 3. The van der Waals surface area contributed by atoms with Crippen molar-refractivity contribution in [3.63, 3.8) is 0 Å². The van der Waals surface area contributed by atoms with Gasteiger partial charge < -0.3 is 14.8 Å². The summed E-state index contributed by atoms with van der Waals surface area (Å²) < 4.78 is 10.6. The largest absolute Gasteiger partial charge is 0.493 e. The van der Waals surface area contributed by atoms with Crippen LogP contribution in [0.3, 0.4) is 0 Å². The molecule has 0 unspecified atom stereocenters. The van der Waals surface area contributed by atoms with Crippen LogP contribution in [0, 0.1) is 6.92 Å². The summed E-state index contributed by atoms with van der Waals surface area (Å²) in [6, 6.07) is 19.0. The lowest BCUT2D eigenvalue weighted by Crippen LogP contribution is -2.32. The first-order valence-electron chi connectivity index (χ1n) is 10.4. The number of esters is 1. The Morgan fingerprint density at radius 3 is 2.43 bits per heavy atom. The van der Waals surface area contributed by atoms with Gasteiger partial charge in [-0.25, -0.2) is 10.2 Å². The van der Waals surface area contributed by atoms with E-state index in [1.54, 1.807) is 43.3 Å². The standard InChI is InChI=1S/C26H22ClN3O5/c1-17-20(27)9-6-10-21(17)29-25(32)26(33)30-28-16-19-11-13-22(23(15-19)34-2)35-24(31)14-12-18-7-4-3-5-8-18/h3-16H,1-2H3,(H,29,32)(H,30,33)/b14-12+,28-16+. The number of benzene rings is 3. The van der Waals surface area contributed by atoms with Gasteiger partial charge in [0.15, 0.2) is 11.5 Å². The molecule has 0 atom stereocenters. The summed E-state index contributed by atoms with van der Waals surface area (Å²) in [4.78, 5) is 36.3. The van der Waals surface area contributed by atoms with E-state index in [1.807, 2.05) is 30.3 Å². The molecule has 35 heavy (non-hydrogen) atoms. The molecule has 178 valence electrons. The Kier molecular flexibility index (Phi) is 8.75. The van der Waals surface area contributed by atoms with Gasteiger partial charge in [-0.15, -0.1) is 0 Å². The number of amides is 2. The normalized spacial score (nSPS) is 10.8. The minimum absolute atomic E-state index is 0.215. The van der Waals surface area contributed by atoms with Crippen LogP contribution in [0.15, 0.2) is 77.9 Å². The van der Waals surface area contributed by atoms with Gasteiger partial charge in [0.05, 0.1) is 13.3 Å². The number of hydrogen-bond donors (Lipinski definition) is 2. The van der Waals surface area contributed by atoms with Gasteiger partial charge in [0.1, 0.15) is 0 Å². The zero-order valence-electron chi connectivity index (χ0n) is 18.9. The minimum atomic E-state index is -0.955. The van der Waals surface area contributed by atoms with Crippen LogP contribution < -0.4 is 20.2 Å². The van der Waals surface area contributed by atoms with Crippen LogP contribution in [0.5, 0.6) is 11.5 Å². The molecule has 0 heterocycles. The highest BCUT2D eigenvalue weighted by Gasteiger charge is 2.15. The van der Waals surface area contributed by atoms with Crippen LogP contribution in [0.25, 0.3) is 6.08 Å². The second-order valence-corrected chi connectivity index (χ2v) is 7.55. The highest BCUT2D eigenvalue weighted by Crippen LogP contribution is 2.28. The monoisotopic (exact) mass is 491 g/mol. The van der Waals surface area contributed by atoms with Crippen LogP contribution in [0.2, 0.25) is 5.02 Å². The van der Waals surface area contributed by atoms with Crippen LogP contribution in [-0.2, 0) is 14.4 Å². The molecule has 3 rings (SSSR count). The van der Waals surface area contributed by atoms with Crippen LogP contribution >= 0.6 is 11.6 Å². The van der Waals surface area contributed by atoms with Crippen molar-refractivity contribution in [1.29, 1.82) is 0 Å². The molecule has 2 N–H and O–H groups in total. The molecule has 0 aliphatic rings. The number of nitrogens with one attached hydrogen (secondary N) is 2. The third-order valence-electron chi connectivity index (χ3n) is 4.71. The van der Waals surface area contributed by atoms with Gasteiger partial charge in [0.2, 0.25) is 0 Å². The number of nitrogens with zero attached hydrogens (tertiary/aromatic N) is 1. The fraction of sp³-hybridized carbons (Fsp3) is 0.0769. The van der Waals surface area contributed by atoms with E-state index in [1.165, 1.54) is 25.5 Å². The molecule has 3 aromatic carbocycles. The molecule has 0 radical (unpaired) electrons. The molecule has 0 aromatic heterocycles. The number of ether oxygens (including phenoxy) is 2. The van der Waals surface area contributed by atoms with E-state index >= 15 is 0 Å². The van der Waals surface area contributed by atoms with Gasteiger partial charge in [0, 0.05) is 16.8 Å². The maximum Gasteiger partial charge on any atom is 0.336 e. The van der Waals surface area contributed by atoms with Crippen LogP contribution in [-0.4, -0.2) is 31.1 Å². The maximum absolute atomic E-state index is 12.1. The van der Waals surface area contributed by atoms with E-state index in [2.05, 4.69) is 15.8 Å². The van der Waals surface area contributed by atoms with Gasteiger partial charge in [-0.1, -0.05) is 48.0 Å². The molecule has 0 saturated carbocycles. The van der Waals surface area contributed by atoms with Crippen molar-refractivity contribution in [3.05, 3.63) is 94.5 Å². The molecule has 0 fully saturated rings. The Morgan fingerprint density at radius 1 is 0.914 bits per heavy atom. The van der Waals surface area contributed by atoms with Gasteiger partial charge in [-0.2, -0.15) is 5.10 Å². The summed E-state index contributed by atoms with van der Waals surface area (Å²) >= 11 is 6.02. The molecule has 0 bridgehead atoms. The number of carbonyl (C=O) groups excluding carboxylic acids is 3. The van der Waals surface area contributed by atoms with Crippen LogP contribution in [0.4, 0.5) is 5.69 Å². The van der Waals surface area contributed by atoms with Crippen molar-refractivity contribution in [2.45, 2.75) is 6.92 Å². The van der Waals surface area contributed by atoms with Crippen molar-refractivity contribution < 1.29 is 23.9 Å². The third-order valence-corrected chi connectivity index (χ3v) is 5.12. The molecule has 0 aliphatic heterocycles. The van der Waals surface area contributed by atoms with Crippen molar-refractivity contribution in [2.75, 3.05) is 12.4 Å².